The van der Waals surface area contributed by atoms with Crippen LogP contribution in [0.25, 0.3) is 0 Å². The number of carbonyl (C=O) groups excluding carboxylic acids is 3. The summed E-state index contributed by atoms with van der Waals surface area (Å²) in [5, 5.41) is 10.9. The number of allylic oxidation sites excluding steroid dienone is 2. The SMILES string of the molecule is C=C(C)C(=O)O[C@H]1/C(C=O)=C\CC/C(CC)=C/[C@H]2OC(=O)C(=C)[C@@H]2[C@@H]1O. The molecule has 0 aromatic carbocycles. The maximum absolute atomic E-state index is 12.0. The van der Waals surface area contributed by atoms with Gasteiger partial charge in [-0.15, -0.1) is 0 Å². The fraction of sp³-hybridized carbons (Fsp3) is 0.450. The Morgan fingerprint density at radius 2 is 2.19 bits per heavy atom. The Morgan fingerprint density at radius 3 is 2.77 bits per heavy atom. The van der Waals surface area contributed by atoms with Gasteiger partial charge in [-0.2, -0.15) is 0 Å². The van der Waals surface area contributed by atoms with Gasteiger partial charge in [-0.1, -0.05) is 31.7 Å². The average molecular weight is 360 g/mol. The number of aliphatic hydroxyl groups is 1. The van der Waals surface area contributed by atoms with E-state index in [1.807, 2.05) is 13.0 Å². The fourth-order valence-corrected chi connectivity index (χ4v) is 3.15. The normalized spacial score (nSPS) is 33.0. The number of aldehydes is 1. The summed E-state index contributed by atoms with van der Waals surface area (Å²) in [6.45, 7) is 10.7. The minimum atomic E-state index is -1.36. The number of rotatable bonds is 4. The molecule has 0 amide bonds. The lowest BCUT2D eigenvalue weighted by Crippen LogP contribution is -2.42. The molecule has 6 heteroatoms. The lowest BCUT2D eigenvalue weighted by Gasteiger charge is -2.30. The third-order valence-corrected chi connectivity index (χ3v) is 4.69. The van der Waals surface area contributed by atoms with Crippen LogP contribution in [-0.4, -0.2) is 41.6 Å². The summed E-state index contributed by atoms with van der Waals surface area (Å²) in [5.74, 6) is -2.14. The van der Waals surface area contributed by atoms with Crippen LogP contribution in [0.4, 0.5) is 0 Å². The molecule has 1 N–H and O–H groups in total. The van der Waals surface area contributed by atoms with E-state index in [0.29, 0.717) is 19.1 Å². The number of ether oxygens (including phenoxy) is 2. The zero-order valence-electron chi connectivity index (χ0n) is 15.1. The van der Waals surface area contributed by atoms with E-state index in [4.69, 9.17) is 9.47 Å². The second-order valence-electron chi connectivity index (χ2n) is 6.56. The molecule has 2 aliphatic rings. The number of aliphatic hydroxyl groups excluding tert-OH is 1. The Balaban J connectivity index is 2.49. The van der Waals surface area contributed by atoms with Crippen molar-refractivity contribution in [2.45, 2.75) is 51.4 Å². The van der Waals surface area contributed by atoms with Crippen molar-refractivity contribution in [2.24, 2.45) is 5.92 Å². The van der Waals surface area contributed by atoms with Gasteiger partial charge in [0.05, 0.1) is 5.92 Å². The van der Waals surface area contributed by atoms with Crippen LogP contribution in [0.3, 0.4) is 0 Å². The van der Waals surface area contributed by atoms with E-state index in [0.717, 1.165) is 12.0 Å². The first-order valence-electron chi connectivity index (χ1n) is 8.59. The molecule has 1 saturated heterocycles. The number of hydrogen-bond donors (Lipinski definition) is 1. The average Bonchev–Trinajstić information content (AvgIpc) is 2.88. The molecule has 1 fully saturated rings. The molecule has 1 aliphatic carbocycles. The van der Waals surface area contributed by atoms with E-state index in [-0.39, 0.29) is 16.7 Å². The van der Waals surface area contributed by atoms with Crippen molar-refractivity contribution >= 4 is 18.2 Å². The van der Waals surface area contributed by atoms with E-state index in [1.165, 1.54) is 6.92 Å². The van der Waals surface area contributed by atoms with Gasteiger partial charge in [0.1, 0.15) is 18.5 Å². The Morgan fingerprint density at radius 1 is 1.50 bits per heavy atom. The number of carbonyl (C=O) groups is 3. The van der Waals surface area contributed by atoms with Crippen LogP contribution in [0.5, 0.6) is 0 Å². The second-order valence-corrected chi connectivity index (χ2v) is 6.56. The van der Waals surface area contributed by atoms with Gasteiger partial charge in [0.15, 0.2) is 6.10 Å². The number of fused-ring (bicyclic) bond motifs is 1. The molecule has 0 radical (unpaired) electrons. The van der Waals surface area contributed by atoms with Gasteiger partial charge in [-0.05, 0) is 32.3 Å². The Hall–Kier alpha value is -2.47. The summed E-state index contributed by atoms with van der Waals surface area (Å²) < 4.78 is 10.7. The summed E-state index contributed by atoms with van der Waals surface area (Å²) in [6, 6.07) is 0. The molecule has 26 heavy (non-hydrogen) atoms. The molecule has 0 unspecified atom stereocenters. The topological polar surface area (TPSA) is 89.9 Å². The molecular weight excluding hydrogens is 336 g/mol. The minimum Gasteiger partial charge on any atom is -0.454 e. The van der Waals surface area contributed by atoms with Gasteiger partial charge >= 0.3 is 11.9 Å². The number of hydrogen-bond acceptors (Lipinski definition) is 6. The summed E-state index contributed by atoms with van der Waals surface area (Å²) in [6.07, 6.45) is 2.69. The van der Waals surface area contributed by atoms with E-state index < -0.39 is 36.2 Å². The van der Waals surface area contributed by atoms with Gasteiger partial charge in [0.2, 0.25) is 0 Å². The summed E-state index contributed by atoms with van der Waals surface area (Å²) in [4.78, 5) is 35.6. The molecule has 140 valence electrons. The van der Waals surface area contributed by atoms with Crippen LogP contribution < -0.4 is 0 Å². The highest BCUT2D eigenvalue weighted by Crippen LogP contribution is 2.36. The zero-order valence-corrected chi connectivity index (χ0v) is 15.1. The van der Waals surface area contributed by atoms with E-state index in [2.05, 4.69) is 13.2 Å². The highest BCUT2D eigenvalue weighted by atomic mass is 16.6. The second kappa shape index (κ2) is 8.27. The maximum Gasteiger partial charge on any atom is 0.334 e. The van der Waals surface area contributed by atoms with Crippen LogP contribution in [0, 0.1) is 5.92 Å². The van der Waals surface area contributed by atoms with E-state index >= 15 is 0 Å². The quantitative estimate of drug-likeness (QED) is 0.358. The summed E-state index contributed by atoms with van der Waals surface area (Å²) in [7, 11) is 0. The highest BCUT2D eigenvalue weighted by molar-refractivity contribution is 5.91. The van der Waals surface area contributed by atoms with Gasteiger partial charge < -0.3 is 14.6 Å². The van der Waals surface area contributed by atoms with E-state index in [1.54, 1.807) is 6.08 Å². The third-order valence-electron chi connectivity index (χ3n) is 4.69. The smallest absolute Gasteiger partial charge is 0.334 e. The van der Waals surface area contributed by atoms with Crippen molar-refractivity contribution in [1.29, 1.82) is 0 Å². The van der Waals surface area contributed by atoms with Crippen LogP contribution in [0.1, 0.15) is 33.1 Å². The predicted molar refractivity (Wildman–Crippen MR) is 95.0 cm³/mol. The van der Waals surface area contributed by atoms with Crippen molar-refractivity contribution in [3.8, 4) is 0 Å². The molecule has 0 aromatic rings. The van der Waals surface area contributed by atoms with Gasteiger partial charge in [-0.3, -0.25) is 4.79 Å². The molecule has 0 bridgehead atoms. The Kier molecular flexibility index (Phi) is 6.32. The van der Waals surface area contributed by atoms with Crippen molar-refractivity contribution in [2.75, 3.05) is 0 Å². The molecule has 0 aromatic heterocycles. The Labute approximate surface area is 152 Å². The van der Waals surface area contributed by atoms with Crippen LogP contribution in [0.2, 0.25) is 0 Å². The zero-order chi connectivity index (χ0) is 19.4. The predicted octanol–water partition coefficient (Wildman–Crippen LogP) is 2.19. The van der Waals surface area contributed by atoms with Crippen molar-refractivity contribution in [3.63, 3.8) is 0 Å². The van der Waals surface area contributed by atoms with Crippen LogP contribution >= 0.6 is 0 Å². The molecule has 4 atom stereocenters. The largest absolute Gasteiger partial charge is 0.454 e. The van der Waals surface area contributed by atoms with Crippen LogP contribution in [-0.2, 0) is 23.9 Å². The molecule has 1 aliphatic heterocycles. The molecule has 6 nitrogen and oxygen atoms in total. The maximum atomic E-state index is 12.0. The Bertz CT molecular complexity index is 699. The summed E-state index contributed by atoms with van der Waals surface area (Å²) >= 11 is 0. The molecule has 1 heterocycles. The first-order chi connectivity index (χ1) is 12.3. The lowest BCUT2D eigenvalue weighted by atomic mass is 9.83. The molecule has 0 spiro atoms. The standard InChI is InChI=1S/C20H24O6/c1-5-13-7-6-8-14(10-21)18(26-19(23)11(2)3)17(22)16-12(4)20(24)25-15(16)9-13/h8-10,15-18,22H,2,4-7H2,1,3H3/b13-9+,14-8-/t15-,16+,17+,18+/m1/s1. The highest BCUT2D eigenvalue weighted by Gasteiger charge is 2.46. The van der Waals surface area contributed by atoms with Gasteiger partial charge in [0.25, 0.3) is 0 Å². The van der Waals surface area contributed by atoms with Gasteiger partial charge in [-0.25, -0.2) is 9.59 Å². The first-order valence-corrected chi connectivity index (χ1v) is 8.59. The molecular formula is C20H24O6. The van der Waals surface area contributed by atoms with Crippen molar-refractivity contribution in [1.82, 2.24) is 0 Å². The summed E-state index contributed by atoms with van der Waals surface area (Å²) in [5.41, 5.74) is 1.43. The van der Waals surface area contributed by atoms with Crippen LogP contribution in [0.15, 0.2) is 47.6 Å². The number of esters is 2. The first kappa shape index (κ1) is 19.8. The van der Waals surface area contributed by atoms with E-state index in [9.17, 15) is 19.5 Å². The van der Waals surface area contributed by atoms with Crippen molar-refractivity contribution in [3.05, 3.63) is 47.6 Å². The fourth-order valence-electron chi connectivity index (χ4n) is 3.15. The molecule has 2 rings (SSSR count). The van der Waals surface area contributed by atoms with Gasteiger partial charge in [0, 0.05) is 16.7 Å². The third kappa shape index (κ3) is 4.02. The lowest BCUT2D eigenvalue weighted by molar-refractivity contribution is -0.150. The van der Waals surface area contributed by atoms with Crippen molar-refractivity contribution < 1.29 is 29.0 Å². The monoisotopic (exact) mass is 360 g/mol. The molecule has 0 saturated carbocycles. The minimum absolute atomic E-state index is 0.0939.